The normalized spacial score (nSPS) is 11.7. The maximum atomic E-state index is 12.1. The number of aliphatic hydroxyl groups is 1. The number of rotatable bonds is 5. The van der Waals surface area contributed by atoms with Gasteiger partial charge in [0, 0.05) is 6.61 Å². The van der Waals surface area contributed by atoms with Crippen LogP contribution in [0.2, 0.25) is 5.02 Å². The van der Waals surface area contributed by atoms with Crippen LogP contribution in [0.5, 0.6) is 0 Å². The van der Waals surface area contributed by atoms with Gasteiger partial charge in [-0.1, -0.05) is 54.1 Å². The number of carbonyl (C=O) groups is 1. The highest BCUT2D eigenvalue weighted by molar-refractivity contribution is 6.33. The molecule has 1 atom stereocenters. The van der Waals surface area contributed by atoms with Crippen molar-refractivity contribution in [3.8, 4) is 0 Å². The van der Waals surface area contributed by atoms with Gasteiger partial charge in [-0.3, -0.25) is 0 Å². The molecule has 0 aliphatic heterocycles. The Labute approximate surface area is 128 Å². The lowest BCUT2D eigenvalue weighted by Crippen LogP contribution is -2.33. The summed E-state index contributed by atoms with van der Waals surface area (Å²) in [4.78, 5) is 12.1. The van der Waals surface area contributed by atoms with Gasteiger partial charge in [0.15, 0.2) is 0 Å². The molecule has 0 bridgehead atoms. The van der Waals surface area contributed by atoms with E-state index in [1.807, 2.05) is 30.3 Å². The zero-order chi connectivity index (χ0) is 15.1. The van der Waals surface area contributed by atoms with Gasteiger partial charge in [-0.2, -0.15) is 0 Å². The minimum Gasteiger partial charge on any atom is -0.396 e. The van der Waals surface area contributed by atoms with Gasteiger partial charge in [-0.05, 0) is 24.1 Å². The number of halogens is 1. The van der Waals surface area contributed by atoms with Crippen molar-refractivity contribution in [2.24, 2.45) is 0 Å². The monoisotopic (exact) mass is 304 g/mol. The molecule has 5 heteroatoms. The molecule has 2 aromatic rings. The fourth-order valence-corrected chi connectivity index (χ4v) is 2.20. The Morgan fingerprint density at radius 1 is 1.10 bits per heavy atom. The molecule has 2 amide bonds. The van der Waals surface area contributed by atoms with E-state index in [4.69, 9.17) is 16.7 Å². The van der Waals surface area contributed by atoms with Crippen LogP contribution in [-0.4, -0.2) is 17.7 Å². The SMILES string of the molecule is O=C(Nc1ccccc1Cl)N[C@H](CCO)c1ccccc1. The van der Waals surface area contributed by atoms with Gasteiger partial charge in [0.1, 0.15) is 0 Å². The van der Waals surface area contributed by atoms with E-state index in [2.05, 4.69) is 10.6 Å². The molecule has 21 heavy (non-hydrogen) atoms. The van der Waals surface area contributed by atoms with Crippen LogP contribution in [0.1, 0.15) is 18.0 Å². The lowest BCUT2D eigenvalue weighted by molar-refractivity contribution is 0.239. The van der Waals surface area contributed by atoms with Crippen LogP contribution in [0.4, 0.5) is 10.5 Å². The molecule has 0 radical (unpaired) electrons. The number of hydrogen-bond donors (Lipinski definition) is 3. The third-order valence-electron chi connectivity index (χ3n) is 3.05. The Morgan fingerprint density at radius 2 is 1.76 bits per heavy atom. The summed E-state index contributed by atoms with van der Waals surface area (Å²) in [5, 5.41) is 15.2. The molecular weight excluding hydrogens is 288 g/mol. The second-order valence-corrected chi connectivity index (χ2v) is 4.96. The summed E-state index contributed by atoms with van der Waals surface area (Å²) in [7, 11) is 0. The molecule has 2 rings (SSSR count). The first kappa shape index (κ1) is 15.4. The van der Waals surface area contributed by atoms with Gasteiger partial charge in [0.05, 0.1) is 16.8 Å². The maximum absolute atomic E-state index is 12.1. The molecule has 0 heterocycles. The van der Waals surface area contributed by atoms with Crippen molar-refractivity contribution in [1.82, 2.24) is 5.32 Å². The van der Waals surface area contributed by atoms with Crippen molar-refractivity contribution in [2.45, 2.75) is 12.5 Å². The number of carbonyl (C=O) groups excluding carboxylic acids is 1. The number of aliphatic hydroxyl groups excluding tert-OH is 1. The predicted molar refractivity (Wildman–Crippen MR) is 84.5 cm³/mol. The van der Waals surface area contributed by atoms with E-state index in [1.54, 1.807) is 24.3 Å². The minimum absolute atomic E-state index is 0.00800. The maximum Gasteiger partial charge on any atom is 0.319 e. The molecule has 3 N–H and O–H groups in total. The number of anilines is 1. The van der Waals surface area contributed by atoms with Crippen molar-refractivity contribution in [2.75, 3.05) is 11.9 Å². The second-order valence-electron chi connectivity index (χ2n) is 4.55. The number of hydrogen-bond acceptors (Lipinski definition) is 2. The van der Waals surface area contributed by atoms with Gasteiger partial charge < -0.3 is 15.7 Å². The van der Waals surface area contributed by atoms with E-state index in [9.17, 15) is 4.79 Å². The van der Waals surface area contributed by atoms with Crippen LogP contribution in [0.25, 0.3) is 0 Å². The van der Waals surface area contributed by atoms with Crippen LogP contribution >= 0.6 is 11.6 Å². The summed E-state index contributed by atoms with van der Waals surface area (Å²) < 4.78 is 0. The van der Waals surface area contributed by atoms with E-state index < -0.39 is 0 Å². The van der Waals surface area contributed by atoms with Crippen molar-refractivity contribution in [1.29, 1.82) is 0 Å². The Hall–Kier alpha value is -2.04. The average Bonchev–Trinajstić information content (AvgIpc) is 2.50. The van der Waals surface area contributed by atoms with Crippen LogP contribution in [0, 0.1) is 0 Å². The molecule has 0 fully saturated rings. The Balaban J connectivity index is 2.04. The smallest absolute Gasteiger partial charge is 0.319 e. The second kappa shape index (κ2) is 7.67. The standard InChI is InChI=1S/C16H17ClN2O2/c17-13-8-4-5-9-15(13)19-16(21)18-14(10-11-20)12-6-2-1-3-7-12/h1-9,14,20H,10-11H2,(H2,18,19,21)/t14-/m1/s1. The molecular formula is C16H17ClN2O2. The first-order chi connectivity index (χ1) is 10.2. The van der Waals surface area contributed by atoms with E-state index in [-0.39, 0.29) is 18.7 Å². The largest absolute Gasteiger partial charge is 0.396 e. The third-order valence-corrected chi connectivity index (χ3v) is 3.38. The minimum atomic E-state index is -0.356. The van der Waals surface area contributed by atoms with Gasteiger partial charge >= 0.3 is 6.03 Å². The first-order valence-electron chi connectivity index (χ1n) is 6.68. The lowest BCUT2D eigenvalue weighted by Gasteiger charge is -2.19. The Morgan fingerprint density at radius 3 is 2.43 bits per heavy atom. The summed E-state index contributed by atoms with van der Waals surface area (Å²) in [6.45, 7) is -0.00800. The molecule has 0 aliphatic rings. The molecule has 4 nitrogen and oxygen atoms in total. The topological polar surface area (TPSA) is 61.4 Å². The zero-order valence-corrected chi connectivity index (χ0v) is 12.2. The highest BCUT2D eigenvalue weighted by Gasteiger charge is 2.14. The van der Waals surface area contributed by atoms with Crippen molar-refractivity contribution >= 4 is 23.3 Å². The van der Waals surface area contributed by atoms with E-state index >= 15 is 0 Å². The third kappa shape index (κ3) is 4.48. The molecule has 0 unspecified atom stereocenters. The summed E-state index contributed by atoms with van der Waals surface area (Å²) in [6, 6.07) is 15.9. The van der Waals surface area contributed by atoms with Crippen LogP contribution in [0.15, 0.2) is 54.6 Å². The fourth-order valence-electron chi connectivity index (χ4n) is 2.02. The Kier molecular flexibility index (Phi) is 5.60. The van der Waals surface area contributed by atoms with Crippen LogP contribution in [0.3, 0.4) is 0 Å². The number of para-hydroxylation sites is 1. The molecule has 0 saturated carbocycles. The summed E-state index contributed by atoms with van der Waals surface area (Å²) in [6.07, 6.45) is 0.444. The fraction of sp³-hybridized carbons (Fsp3) is 0.188. The summed E-state index contributed by atoms with van der Waals surface area (Å²) in [5.41, 5.74) is 1.49. The van der Waals surface area contributed by atoms with Crippen molar-refractivity contribution in [3.05, 3.63) is 65.2 Å². The lowest BCUT2D eigenvalue weighted by atomic mass is 10.0. The molecule has 0 aromatic heterocycles. The van der Waals surface area contributed by atoms with Gasteiger partial charge in [0.2, 0.25) is 0 Å². The number of nitrogens with one attached hydrogen (secondary N) is 2. The number of amides is 2. The van der Waals surface area contributed by atoms with E-state index in [0.29, 0.717) is 17.1 Å². The van der Waals surface area contributed by atoms with Crippen LogP contribution in [-0.2, 0) is 0 Å². The zero-order valence-electron chi connectivity index (χ0n) is 11.4. The van der Waals surface area contributed by atoms with Gasteiger partial charge in [-0.25, -0.2) is 4.79 Å². The molecule has 0 saturated heterocycles. The summed E-state index contributed by atoms with van der Waals surface area (Å²) in [5.74, 6) is 0. The molecule has 0 spiro atoms. The van der Waals surface area contributed by atoms with Gasteiger partial charge in [0.25, 0.3) is 0 Å². The highest BCUT2D eigenvalue weighted by atomic mass is 35.5. The quantitative estimate of drug-likeness (QED) is 0.790. The first-order valence-corrected chi connectivity index (χ1v) is 7.06. The van der Waals surface area contributed by atoms with Crippen molar-refractivity contribution in [3.63, 3.8) is 0 Å². The predicted octanol–water partition coefficient (Wildman–Crippen LogP) is 3.59. The van der Waals surface area contributed by atoms with E-state index in [0.717, 1.165) is 5.56 Å². The molecule has 0 aliphatic carbocycles. The van der Waals surface area contributed by atoms with Crippen molar-refractivity contribution < 1.29 is 9.90 Å². The average molecular weight is 305 g/mol. The number of benzene rings is 2. The highest BCUT2D eigenvalue weighted by Crippen LogP contribution is 2.21. The Bertz CT molecular complexity index is 590. The molecule has 110 valence electrons. The summed E-state index contributed by atoms with van der Waals surface area (Å²) >= 11 is 6.00. The van der Waals surface area contributed by atoms with E-state index in [1.165, 1.54) is 0 Å². The van der Waals surface area contributed by atoms with Crippen LogP contribution < -0.4 is 10.6 Å². The molecule has 2 aromatic carbocycles. The number of urea groups is 1. The van der Waals surface area contributed by atoms with Gasteiger partial charge in [-0.15, -0.1) is 0 Å².